The minimum atomic E-state index is 0.622. The van der Waals surface area contributed by atoms with Gasteiger partial charge in [0.15, 0.2) is 0 Å². The molecule has 1 saturated carbocycles. The second kappa shape index (κ2) is 6.53. The summed E-state index contributed by atoms with van der Waals surface area (Å²) < 4.78 is 0. The van der Waals surface area contributed by atoms with Gasteiger partial charge in [-0.25, -0.2) is 4.98 Å². The maximum absolute atomic E-state index is 4.81. The summed E-state index contributed by atoms with van der Waals surface area (Å²) in [5, 5.41) is 0.970. The summed E-state index contributed by atoms with van der Waals surface area (Å²) in [7, 11) is 0. The van der Waals surface area contributed by atoms with Gasteiger partial charge in [0.1, 0.15) is 5.82 Å². The van der Waals surface area contributed by atoms with E-state index in [1.165, 1.54) is 32.1 Å². The van der Waals surface area contributed by atoms with Crippen molar-refractivity contribution in [2.75, 3.05) is 16.8 Å². The van der Waals surface area contributed by atoms with Crippen molar-refractivity contribution in [1.29, 1.82) is 0 Å². The molecule has 0 bridgehead atoms. The molecule has 1 aromatic carbocycles. The highest BCUT2D eigenvalue weighted by Gasteiger charge is 2.22. The zero-order valence-electron chi connectivity index (χ0n) is 11.6. The quantitative estimate of drug-likeness (QED) is 0.786. The van der Waals surface area contributed by atoms with Crippen molar-refractivity contribution in [3.05, 3.63) is 30.5 Å². The molecule has 0 saturated heterocycles. The molecule has 4 heteroatoms. The number of anilines is 1. The van der Waals surface area contributed by atoms with Gasteiger partial charge in [-0.15, -0.1) is 0 Å². The molecule has 0 atom stereocenters. The number of fused-ring (bicyclic) bond motifs is 1. The predicted octanol–water partition coefficient (Wildman–Crippen LogP) is 4.16. The van der Waals surface area contributed by atoms with Gasteiger partial charge in [0.2, 0.25) is 0 Å². The predicted molar refractivity (Wildman–Crippen MR) is 87.6 cm³/mol. The van der Waals surface area contributed by atoms with Crippen LogP contribution in [0, 0.1) is 0 Å². The van der Waals surface area contributed by atoms with Crippen LogP contribution in [0.2, 0.25) is 0 Å². The van der Waals surface area contributed by atoms with Gasteiger partial charge in [-0.05, 0) is 25.0 Å². The van der Waals surface area contributed by atoms with Crippen LogP contribution in [0.15, 0.2) is 30.5 Å². The number of aromatic nitrogens is 2. The topological polar surface area (TPSA) is 29.0 Å². The average molecular weight is 334 g/mol. The molecule has 3 nitrogen and oxygen atoms in total. The number of para-hydroxylation sites is 2. The van der Waals surface area contributed by atoms with Crippen LogP contribution in [0.5, 0.6) is 0 Å². The number of hydrogen-bond donors (Lipinski definition) is 0. The standard InChI is InChI=1S/C16H20BrN3/c17-10-11-20(13-6-2-1-3-7-13)16-12-18-14-8-4-5-9-15(14)19-16/h4-5,8-9,12-13H,1-3,6-7,10-11H2. The van der Waals surface area contributed by atoms with E-state index in [2.05, 4.69) is 25.8 Å². The summed E-state index contributed by atoms with van der Waals surface area (Å²) in [6.07, 6.45) is 8.54. The number of rotatable bonds is 4. The fourth-order valence-corrected chi connectivity index (χ4v) is 3.44. The third kappa shape index (κ3) is 2.95. The van der Waals surface area contributed by atoms with Crippen LogP contribution in [0.4, 0.5) is 5.82 Å². The van der Waals surface area contributed by atoms with Crippen molar-refractivity contribution in [2.45, 2.75) is 38.1 Å². The third-order valence-electron chi connectivity index (χ3n) is 4.07. The zero-order chi connectivity index (χ0) is 13.8. The molecular formula is C16H20BrN3. The minimum Gasteiger partial charge on any atom is -0.352 e. The van der Waals surface area contributed by atoms with E-state index < -0.39 is 0 Å². The number of alkyl halides is 1. The van der Waals surface area contributed by atoms with Crippen molar-refractivity contribution in [3.8, 4) is 0 Å². The monoisotopic (exact) mass is 333 g/mol. The largest absolute Gasteiger partial charge is 0.352 e. The minimum absolute atomic E-state index is 0.622. The van der Waals surface area contributed by atoms with Crippen LogP contribution in [0.25, 0.3) is 11.0 Å². The van der Waals surface area contributed by atoms with Gasteiger partial charge in [-0.3, -0.25) is 4.98 Å². The van der Waals surface area contributed by atoms with Crippen molar-refractivity contribution in [2.24, 2.45) is 0 Å². The van der Waals surface area contributed by atoms with Crippen molar-refractivity contribution in [3.63, 3.8) is 0 Å². The fraction of sp³-hybridized carbons (Fsp3) is 0.500. The molecule has 20 heavy (non-hydrogen) atoms. The summed E-state index contributed by atoms with van der Waals surface area (Å²) in [5.41, 5.74) is 1.96. The molecule has 106 valence electrons. The molecule has 1 heterocycles. The van der Waals surface area contributed by atoms with Gasteiger partial charge >= 0.3 is 0 Å². The van der Waals surface area contributed by atoms with Gasteiger partial charge in [0.25, 0.3) is 0 Å². The number of nitrogens with zero attached hydrogens (tertiary/aromatic N) is 3. The van der Waals surface area contributed by atoms with E-state index in [1.54, 1.807) is 0 Å². The maximum atomic E-state index is 4.81. The van der Waals surface area contributed by atoms with Gasteiger partial charge in [-0.1, -0.05) is 47.3 Å². The smallest absolute Gasteiger partial charge is 0.148 e. The van der Waals surface area contributed by atoms with E-state index in [1.807, 2.05) is 30.5 Å². The van der Waals surface area contributed by atoms with Crippen LogP contribution >= 0.6 is 15.9 Å². The Labute approximate surface area is 128 Å². The lowest BCUT2D eigenvalue weighted by Crippen LogP contribution is -2.38. The number of halogens is 1. The molecule has 0 aliphatic heterocycles. The van der Waals surface area contributed by atoms with Gasteiger partial charge in [0, 0.05) is 17.9 Å². The Morgan fingerprint density at radius 1 is 1.10 bits per heavy atom. The summed E-state index contributed by atoms with van der Waals surface area (Å²) in [6, 6.07) is 8.71. The Hall–Kier alpha value is -1.16. The molecule has 0 radical (unpaired) electrons. The lowest BCUT2D eigenvalue weighted by Gasteiger charge is -2.34. The van der Waals surface area contributed by atoms with Crippen LogP contribution < -0.4 is 4.90 Å². The fourth-order valence-electron chi connectivity index (χ4n) is 3.05. The van der Waals surface area contributed by atoms with Crippen LogP contribution in [-0.4, -0.2) is 27.9 Å². The molecular weight excluding hydrogens is 314 g/mol. The summed E-state index contributed by atoms with van der Waals surface area (Å²) in [6.45, 7) is 0.998. The third-order valence-corrected chi connectivity index (χ3v) is 4.43. The van der Waals surface area contributed by atoms with E-state index in [0.29, 0.717) is 6.04 Å². The molecule has 0 amide bonds. The van der Waals surface area contributed by atoms with Crippen LogP contribution in [0.1, 0.15) is 32.1 Å². The molecule has 0 N–H and O–H groups in total. The Bertz CT molecular complexity index is 566. The molecule has 1 fully saturated rings. The molecule has 3 rings (SSSR count). The molecule has 1 aliphatic carbocycles. The molecule has 1 aromatic heterocycles. The second-order valence-corrected chi connectivity index (χ2v) is 6.18. The first-order valence-electron chi connectivity index (χ1n) is 7.43. The summed E-state index contributed by atoms with van der Waals surface area (Å²) in [5.74, 6) is 1.02. The first-order valence-corrected chi connectivity index (χ1v) is 8.55. The lowest BCUT2D eigenvalue weighted by atomic mass is 9.94. The van der Waals surface area contributed by atoms with E-state index in [-0.39, 0.29) is 0 Å². The van der Waals surface area contributed by atoms with Crippen molar-refractivity contribution < 1.29 is 0 Å². The Kier molecular flexibility index (Phi) is 4.51. The van der Waals surface area contributed by atoms with Crippen LogP contribution in [0.3, 0.4) is 0 Å². The molecule has 0 unspecified atom stereocenters. The second-order valence-electron chi connectivity index (χ2n) is 5.39. The van der Waals surface area contributed by atoms with Crippen LogP contribution in [-0.2, 0) is 0 Å². The lowest BCUT2D eigenvalue weighted by molar-refractivity contribution is 0.417. The highest BCUT2D eigenvalue weighted by Crippen LogP contribution is 2.26. The Morgan fingerprint density at radius 3 is 2.60 bits per heavy atom. The van der Waals surface area contributed by atoms with E-state index in [9.17, 15) is 0 Å². The van der Waals surface area contributed by atoms with Crippen molar-refractivity contribution >= 4 is 32.8 Å². The van der Waals surface area contributed by atoms with Gasteiger partial charge < -0.3 is 4.90 Å². The van der Waals surface area contributed by atoms with Gasteiger partial charge in [0.05, 0.1) is 17.2 Å². The Balaban J connectivity index is 1.91. The van der Waals surface area contributed by atoms with E-state index >= 15 is 0 Å². The normalized spacial score (nSPS) is 16.4. The molecule has 1 aliphatic rings. The first kappa shape index (κ1) is 13.8. The first-order chi connectivity index (χ1) is 9.88. The SMILES string of the molecule is BrCCN(c1cnc2ccccc2n1)C1CCCCC1. The maximum Gasteiger partial charge on any atom is 0.148 e. The average Bonchev–Trinajstić information content (AvgIpc) is 2.53. The van der Waals surface area contributed by atoms with Crippen molar-refractivity contribution in [1.82, 2.24) is 9.97 Å². The number of hydrogen-bond acceptors (Lipinski definition) is 3. The molecule has 2 aromatic rings. The highest BCUT2D eigenvalue weighted by atomic mass is 79.9. The van der Waals surface area contributed by atoms with E-state index in [4.69, 9.17) is 4.98 Å². The zero-order valence-corrected chi connectivity index (χ0v) is 13.2. The Morgan fingerprint density at radius 2 is 1.85 bits per heavy atom. The van der Waals surface area contributed by atoms with E-state index in [0.717, 1.165) is 28.7 Å². The number of benzene rings is 1. The van der Waals surface area contributed by atoms with Gasteiger partial charge in [-0.2, -0.15) is 0 Å². The summed E-state index contributed by atoms with van der Waals surface area (Å²) in [4.78, 5) is 11.8. The highest BCUT2D eigenvalue weighted by molar-refractivity contribution is 9.09. The molecule has 0 spiro atoms. The summed E-state index contributed by atoms with van der Waals surface area (Å²) >= 11 is 3.57.